The van der Waals surface area contributed by atoms with Gasteiger partial charge in [-0.3, -0.25) is 4.90 Å². The average molecular weight is 272 g/mol. The van der Waals surface area contributed by atoms with E-state index in [1.807, 2.05) is 0 Å². The molecule has 1 saturated heterocycles. The second kappa shape index (κ2) is 5.87. The van der Waals surface area contributed by atoms with Gasteiger partial charge in [0.25, 0.3) is 0 Å². The maximum Gasteiger partial charge on any atom is 0.0478 e. The fraction of sp³-hybridized carbons (Fsp3) is 0.667. The lowest BCUT2D eigenvalue weighted by molar-refractivity contribution is 0.105. The molecule has 1 aromatic rings. The predicted octanol–water partition coefficient (Wildman–Crippen LogP) is 3.38. The number of nitrogens with one attached hydrogen (secondary N) is 1. The van der Waals surface area contributed by atoms with Crippen molar-refractivity contribution in [3.63, 3.8) is 0 Å². The zero-order chi connectivity index (χ0) is 14.1. The molecule has 0 aromatic heterocycles. The van der Waals surface area contributed by atoms with Crippen molar-refractivity contribution in [1.82, 2.24) is 10.2 Å². The van der Waals surface area contributed by atoms with E-state index in [1.54, 1.807) is 5.56 Å². The van der Waals surface area contributed by atoms with E-state index in [4.69, 9.17) is 0 Å². The molecule has 2 aliphatic rings. The summed E-state index contributed by atoms with van der Waals surface area (Å²) in [4.78, 5) is 2.81. The Kier molecular flexibility index (Phi) is 4.13. The van der Waals surface area contributed by atoms with Gasteiger partial charge in [-0.25, -0.2) is 0 Å². The summed E-state index contributed by atoms with van der Waals surface area (Å²) in [7, 11) is 2.13. The van der Waals surface area contributed by atoms with Gasteiger partial charge in [-0.05, 0) is 56.3 Å². The van der Waals surface area contributed by atoms with Crippen molar-refractivity contribution >= 4 is 0 Å². The standard InChI is InChI=1S/C18H28N2/c1-13(2)16-9-6-12-20(16)17-11-10-14-7-4-5-8-15(14)18(17)19-3/h4-5,7-8,13,16-19H,6,9-12H2,1-3H3. The van der Waals surface area contributed by atoms with Gasteiger partial charge in [-0.2, -0.15) is 0 Å². The van der Waals surface area contributed by atoms with E-state index in [0.29, 0.717) is 12.1 Å². The number of aryl methyl sites for hydroxylation is 1. The third-order valence-corrected chi connectivity index (χ3v) is 5.33. The third-order valence-electron chi connectivity index (χ3n) is 5.33. The molecular weight excluding hydrogens is 244 g/mol. The SMILES string of the molecule is CNC1c2ccccc2CCC1N1CCCC1C(C)C. The molecule has 1 aliphatic heterocycles. The number of likely N-dealkylation sites (tertiary alicyclic amines) is 1. The molecule has 1 aliphatic carbocycles. The molecule has 1 heterocycles. The molecule has 0 bridgehead atoms. The van der Waals surface area contributed by atoms with E-state index in [0.717, 1.165) is 12.0 Å². The van der Waals surface area contributed by atoms with Gasteiger partial charge in [-0.1, -0.05) is 38.1 Å². The largest absolute Gasteiger partial charge is 0.312 e. The lowest BCUT2D eigenvalue weighted by Crippen LogP contribution is -2.49. The summed E-state index contributed by atoms with van der Waals surface area (Å²) < 4.78 is 0. The summed E-state index contributed by atoms with van der Waals surface area (Å²) in [5, 5.41) is 3.60. The molecule has 2 heteroatoms. The molecule has 3 atom stereocenters. The maximum absolute atomic E-state index is 3.60. The Labute approximate surface area is 123 Å². The van der Waals surface area contributed by atoms with Crippen LogP contribution in [-0.2, 0) is 6.42 Å². The molecule has 1 aromatic carbocycles. The molecule has 3 rings (SSSR count). The number of nitrogens with zero attached hydrogens (tertiary/aromatic N) is 1. The molecule has 0 spiro atoms. The lowest BCUT2D eigenvalue weighted by atomic mass is 9.82. The minimum absolute atomic E-state index is 0.499. The lowest BCUT2D eigenvalue weighted by Gasteiger charge is -2.43. The second-order valence-corrected chi connectivity index (χ2v) is 6.76. The Morgan fingerprint density at radius 3 is 2.75 bits per heavy atom. The van der Waals surface area contributed by atoms with Gasteiger partial charge in [0.1, 0.15) is 0 Å². The van der Waals surface area contributed by atoms with Gasteiger partial charge in [0, 0.05) is 18.1 Å². The predicted molar refractivity (Wildman–Crippen MR) is 84.9 cm³/mol. The van der Waals surface area contributed by atoms with Crippen LogP contribution in [-0.4, -0.2) is 30.6 Å². The van der Waals surface area contributed by atoms with E-state index < -0.39 is 0 Å². The van der Waals surface area contributed by atoms with Crippen molar-refractivity contribution in [2.45, 2.75) is 57.7 Å². The van der Waals surface area contributed by atoms with Gasteiger partial charge in [0.2, 0.25) is 0 Å². The molecule has 3 unspecified atom stereocenters. The van der Waals surface area contributed by atoms with Gasteiger partial charge in [-0.15, -0.1) is 0 Å². The first kappa shape index (κ1) is 14.1. The fourth-order valence-corrected chi connectivity index (χ4v) is 4.39. The van der Waals surface area contributed by atoms with Crippen LogP contribution in [0.5, 0.6) is 0 Å². The smallest absolute Gasteiger partial charge is 0.0478 e. The zero-order valence-electron chi connectivity index (χ0n) is 13.1. The summed E-state index contributed by atoms with van der Waals surface area (Å²) in [5.74, 6) is 0.771. The molecule has 0 amide bonds. The van der Waals surface area contributed by atoms with Gasteiger partial charge in [0.05, 0.1) is 0 Å². The molecule has 20 heavy (non-hydrogen) atoms. The van der Waals surface area contributed by atoms with Crippen molar-refractivity contribution in [3.8, 4) is 0 Å². The normalized spacial score (nSPS) is 30.7. The Hall–Kier alpha value is -0.860. The number of rotatable bonds is 3. The van der Waals surface area contributed by atoms with Crippen molar-refractivity contribution in [3.05, 3.63) is 35.4 Å². The van der Waals surface area contributed by atoms with Crippen LogP contribution in [0.25, 0.3) is 0 Å². The number of hydrogen-bond acceptors (Lipinski definition) is 2. The molecule has 110 valence electrons. The van der Waals surface area contributed by atoms with Gasteiger partial charge >= 0.3 is 0 Å². The van der Waals surface area contributed by atoms with Gasteiger partial charge < -0.3 is 5.32 Å². The molecule has 0 saturated carbocycles. The summed E-state index contributed by atoms with van der Waals surface area (Å²) in [6.07, 6.45) is 5.29. The summed E-state index contributed by atoms with van der Waals surface area (Å²) in [5.41, 5.74) is 3.07. The Morgan fingerprint density at radius 1 is 1.20 bits per heavy atom. The maximum atomic E-state index is 3.60. The molecular formula is C18H28N2. The average Bonchev–Trinajstić information content (AvgIpc) is 2.95. The van der Waals surface area contributed by atoms with Crippen LogP contribution in [0.1, 0.15) is 50.3 Å². The van der Waals surface area contributed by atoms with E-state index in [-0.39, 0.29) is 0 Å². The Morgan fingerprint density at radius 2 is 2.00 bits per heavy atom. The monoisotopic (exact) mass is 272 g/mol. The fourth-order valence-electron chi connectivity index (χ4n) is 4.39. The van der Waals surface area contributed by atoms with E-state index in [1.165, 1.54) is 37.8 Å². The first-order valence-corrected chi connectivity index (χ1v) is 8.23. The minimum atomic E-state index is 0.499. The summed E-state index contributed by atoms with van der Waals surface area (Å²) in [6, 6.07) is 10.9. The Balaban J connectivity index is 1.87. The highest BCUT2D eigenvalue weighted by Gasteiger charge is 2.38. The topological polar surface area (TPSA) is 15.3 Å². The van der Waals surface area contributed by atoms with Gasteiger partial charge in [0.15, 0.2) is 0 Å². The van der Waals surface area contributed by atoms with Crippen molar-refractivity contribution < 1.29 is 0 Å². The highest BCUT2D eigenvalue weighted by atomic mass is 15.2. The van der Waals surface area contributed by atoms with Crippen molar-refractivity contribution in [2.75, 3.05) is 13.6 Å². The van der Waals surface area contributed by atoms with Crippen molar-refractivity contribution in [2.24, 2.45) is 5.92 Å². The van der Waals surface area contributed by atoms with Crippen LogP contribution >= 0.6 is 0 Å². The molecule has 1 fully saturated rings. The summed E-state index contributed by atoms with van der Waals surface area (Å²) in [6.45, 7) is 6.05. The molecule has 0 radical (unpaired) electrons. The second-order valence-electron chi connectivity index (χ2n) is 6.76. The van der Waals surface area contributed by atoms with E-state index >= 15 is 0 Å². The van der Waals surface area contributed by atoms with Crippen LogP contribution in [0.2, 0.25) is 0 Å². The first-order chi connectivity index (χ1) is 9.72. The highest BCUT2D eigenvalue weighted by Crippen LogP contribution is 2.37. The van der Waals surface area contributed by atoms with Crippen LogP contribution in [0.3, 0.4) is 0 Å². The van der Waals surface area contributed by atoms with Crippen LogP contribution in [0.4, 0.5) is 0 Å². The van der Waals surface area contributed by atoms with Crippen molar-refractivity contribution in [1.29, 1.82) is 0 Å². The third kappa shape index (κ3) is 2.40. The zero-order valence-corrected chi connectivity index (χ0v) is 13.1. The number of fused-ring (bicyclic) bond motifs is 1. The van der Waals surface area contributed by atoms with E-state index in [2.05, 4.69) is 55.4 Å². The number of hydrogen-bond donors (Lipinski definition) is 1. The first-order valence-electron chi connectivity index (χ1n) is 8.23. The Bertz CT molecular complexity index is 454. The highest BCUT2D eigenvalue weighted by molar-refractivity contribution is 5.34. The summed E-state index contributed by atoms with van der Waals surface area (Å²) >= 11 is 0. The van der Waals surface area contributed by atoms with Crippen LogP contribution in [0.15, 0.2) is 24.3 Å². The van der Waals surface area contributed by atoms with Crippen LogP contribution in [0, 0.1) is 5.92 Å². The quantitative estimate of drug-likeness (QED) is 0.907. The molecule has 2 nitrogen and oxygen atoms in total. The number of benzene rings is 1. The van der Waals surface area contributed by atoms with E-state index in [9.17, 15) is 0 Å². The van der Waals surface area contributed by atoms with Crippen LogP contribution < -0.4 is 5.32 Å². The minimum Gasteiger partial charge on any atom is -0.312 e. The number of likely N-dealkylation sites (N-methyl/N-ethyl adjacent to an activating group) is 1. The molecule has 1 N–H and O–H groups in total.